The van der Waals surface area contributed by atoms with E-state index in [0.717, 1.165) is 0 Å². The molecule has 1 amide bonds. The number of piperidine rings is 1. The highest BCUT2D eigenvalue weighted by molar-refractivity contribution is 7.91. The van der Waals surface area contributed by atoms with Crippen LogP contribution in [0.3, 0.4) is 0 Å². The predicted molar refractivity (Wildman–Crippen MR) is 101 cm³/mol. The molecule has 1 saturated heterocycles. The summed E-state index contributed by atoms with van der Waals surface area (Å²) in [7, 11) is -3.34. The molecule has 28 heavy (non-hydrogen) atoms. The number of furan rings is 1. The Morgan fingerprint density at radius 3 is 2.57 bits per heavy atom. The molecule has 1 aliphatic heterocycles. The van der Waals surface area contributed by atoms with Crippen molar-refractivity contribution in [1.29, 1.82) is 0 Å². The maximum atomic E-state index is 12.6. The molecule has 0 aliphatic carbocycles. The van der Waals surface area contributed by atoms with Crippen molar-refractivity contribution in [3.8, 4) is 0 Å². The standard InChI is InChI=1S/C19H20N2O6S/c22-18(12-21-16-5-1-2-6-17(16)27-19(21)23)20-9-7-15(8-10-20)28(24,25)13-14-4-3-11-26-14/h1-6,11,15H,7-10,12-13H2. The number of sulfone groups is 1. The summed E-state index contributed by atoms with van der Waals surface area (Å²) < 4.78 is 36.7. The molecule has 8 nitrogen and oxygen atoms in total. The zero-order valence-electron chi connectivity index (χ0n) is 15.1. The van der Waals surface area contributed by atoms with E-state index in [2.05, 4.69) is 0 Å². The molecule has 9 heteroatoms. The van der Waals surface area contributed by atoms with Crippen LogP contribution in [0.4, 0.5) is 0 Å². The van der Waals surface area contributed by atoms with Crippen molar-refractivity contribution in [1.82, 2.24) is 9.47 Å². The average Bonchev–Trinajstić information content (AvgIpc) is 3.29. The normalized spacial score (nSPS) is 15.9. The van der Waals surface area contributed by atoms with E-state index in [1.165, 1.54) is 10.8 Å². The van der Waals surface area contributed by atoms with Gasteiger partial charge in [-0.25, -0.2) is 13.2 Å². The second-order valence-electron chi connectivity index (χ2n) is 6.89. The van der Waals surface area contributed by atoms with Crippen molar-refractivity contribution in [2.75, 3.05) is 13.1 Å². The number of para-hydroxylation sites is 2. The number of amides is 1. The summed E-state index contributed by atoms with van der Waals surface area (Å²) in [5.74, 6) is -0.514. The summed E-state index contributed by atoms with van der Waals surface area (Å²) in [4.78, 5) is 26.3. The zero-order chi connectivity index (χ0) is 19.7. The monoisotopic (exact) mass is 404 g/mol. The first kappa shape index (κ1) is 18.5. The summed E-state index contributed by atoms with van der Waals surface area (Å²) in [6.45, 7) is 0.552. The van der Waals surface area contributed by atoms with Crippen molar-refractivity contribution in [2.24, 2.45) is 0 Å². The number of nitrogens with zero attached hydrogens (tertiary/aromatic N) is 2. The minimum atomic E-state index is -3.34. The first-order valence-electron chi connectivity index (χ1n) is 9.04. The molecule has 0 saturated carbocycles. The first-order valence-corrected chi connectivity index (χ1v) is 10.8. The Hall–Kier alpha value is -2.81. The zero-order valence-corrected chi connectivity index (χ0v) is 15.9. The van der Waals surface area contributed by atoms with E-state index in [4.69, 9.17) is 8.83 Å². The molecule has 0 radical (unpaired) electrons. The Labute approximate surface area is 161 Å². The fourth-order valence-electron chi connectivity index (χ4n) is 3.57. The number of carbonyl (C=O) groups is 1. The Morgan fingerprint density at radius 1 is 1.11 bits per heavy atom. The molecular formula is C19H20N2O6S. The Balaban J connectivity index is 1.40. The van der Waals surface area contributed by atoms with E-state index < -0.39 is 20.8 Å². The van der Waals surface area contributed by atoms with Crippen LogP contribution in [-0.4, -0.2) is 42.1 Å². The quantitative estimate of drug-likeness (QED) is 0.642. The van der Waals surface area contributed by atoms with Gasteiger partial charge in [0, 0.05) is 13.1 Å². The topological polar surface area (TPSA) is 103 Å². The van der Waals surface area contributed by atoms with Gasteiger partial charge < -0.3 is 13.7 Å². The van der Waals surface area contributed by atoms with Gasteiger partial charge in [-0.2, -0.15) is 0 Å². The summed E-state index contributed by atoms with van der Waals surface area (Å²) >= 11 is 0. The number of hydrogen-bond acceptors (Lipinski definition) is 6. The van der Waals surface area contributed by atoms with Gasteiger partial charge in [0.2, 0.25) is 5.91 Å². The van der Waals surface area contributed by atoms with Crippen LogP contribution in [0.5, 0.6) is 0 Å². The van der Waals surface area contributed by atoms with E-state index >= 15 is 0 Å². The minimum Gasteiger partial charge on any atom is -0.468 e. The lowest BCUT2D eigenvalue weighted by molar-refractivity contribution is -0.132. The van der Waals surface area contributed by atoms with Crippen molar-refractivity contribution in [3.05, 3.63) is 59.0 Å². The number of aromatic nitrogens is 1. The highest BCUT2D eigenvalue weighted by Gasteiger charge is 2.32. The third kappa shape index (κ3) is 3.62. The smallest absolute Gasteiger partial charge is 0.420 e. The maximum Gasteiger partial charge on any atom is 0.420 e. The number of fused-ring (bicyclic) bond motifs is 1. The SMILES string of the molecule is O=C(Cn1c(=O)oc2ccccc21)N1CCC(S(=O)(=O)Cc2ccco2)CC1. The number of likely N-dealkylation sites (tertiary alicyclic amines) is 1. The van der Waals surface area contributed by atoms with Gasteiger partial charge >= 0.3 is 5.76 Å². The Morgan fingerprint density at radius 2 is 1.86 bits per heavy atom. The third-order valence-corrected chi connectivity index (χ3v) is 7.27. The lowest BCUT2D eigenvalue weighted by Gasteiger charge is -2.31. The number of rotatable bonds is 5. The van der Waals surface area contributed by atoms with E-state index in [9.17, 15) is 18.0 Å². The summed E-state index contributed by atoms with van der Waals surface area (Å²) in [5, 5.41) is -0.501. The third-order valence-electron chi connectivity index (χ3n) is 5.09. The molecule has 3 aromatic rings. The van der Waals surface area contributed by atoms with Gasteiger partial charge in [0.1, 0.15) is 18.1 Å². The lowest BCUT2D eigenvalue weighted by Crippen LogP contribution is -2.44. The number of hydrogen-bond donors (Lipinski definition) is 0. The van der Waals surface area contributed by atoms with E-state index in [1.807, 2.05) is 0 Å². The van der Waals surface area contributed by atoms with Gasteiger partial charge in [-0.05, 0) is 37.1 Å². The highest BCUT2D eigenvalue weighted by Crippen LogP contribution is 2.22. The maximum absolute atomic E-state index is 12.6. The molecule has 0 unspecified atom stereocenters. The van der Waals surface area contributed by atoms with Crippen LogP contribution < -0.4 is 5.76 Å². The van der Waals surface area contributed by atoms with Gasteiger partial charge in [-0.3, -0.25) is 9.36 Å². The molecule has 2 aromatic heterocycles. The summed E-state index contributed by atoms with van der Waals surface area (Å²) in [6, 6.07) is 10.2. The molecule has 1 aliphatic rings. The van der Waals surface area contributed by atoms with Gasteiger partial charge in [-0.15, -0.1) is 0 Å². The van der Waals surface area contributed by atoms with Gasteiger partial charge in [0.05, 0.1) is 17.0 Å². The number of carbonyl (C=O) groups excluding carboxylic acids is 1. The van der Waals surface area contributed by atoms with Crippen molar-refractivity contribution in [3.63, 3.8) is 0 Å². The van der Waals surface area contributed by atoms with E-state index in [1.54, 1.807) is 41.3 Å². The average molecular weight is 404 g/mol. The molecule has 4 rings (SSSR count). The van der Waals surface area contributed by atoms with Crippen molar-refractivity contribution in [2.45, 2.75) is 30.4 Å². The molecule has 1 fully saturated rings. The number of oxazole rings is 1. The van der Waals surface area contributed by atoms with Crippen LogP contribution in [0.2, 0.25) is 0 Å². The summed E-state index contributed by atoms with van der Waals surface area (Å²) in [5.41, 5.74) is 1.000. The van der Waals surface area contributed by atoms with E-state index in [0.29, 0.717) is 42.8 Å². The fourth-order valence-corrected chi connectivity index (χ4v) is 5.30. The molecule has 0 bridgehead atoms. The van der Waals surface area contributed by atoms with Gasteiger partial charge in [-0.1, -0.05) is 12.1 Å². The first-order chi connectivity index (χ1) is 13.4. The van der Waals surface area contributed by atoms with Crippen LogP contribution >= 0.6 is 0 Å². The van der Waals surface area contributed by atoms with Crippen LogP contribution in [0.25, 0.3) is 11.1 Å². The lowest BCUT2D eigenvalue weighted by atomic mass is 10.1. The highest BCUT2D eigenvalue weighted by atomic mass is 32.2. The molecular weight excluding hydrogens is 384 g/mol. The fraction of sp³-hybridized carbons (Fsp3) is 0.368. The number of benzene rings is 1. The molecule has 0 N–H and O–H groups in total. The van der Waals surface area contributed by atoms with Crippen molar-refractivity contribution >= 4 is 26.8 Å². The van der Waals surface area contributed by atoms with E-state index in [-0.39, 0.29) is 18.2 Å². The minimum absolute atomic E-state index is 0.125. The van der Waals surface area contributed by atoms with Gasteiger partial charge in [0.25, 0.3) is 0 Å². The molecule has 148 valence electrons. The molecule has 0 spiro atoms. The van der Waals surface area contributed by atoms with Crippen LogP contribution in [0, 0.1) is 0 Å². The van der Waals surface area contributed by atoms with Crippen LogP contribution in [0.1, 0.15) is 18.6 Å². The Kier molecular flexibility index (Phi) is 4.84. The second-order valence-corrected chi connectivity index (χ2v) is 9.17. The van der Waals surface area contributed by atoms with Crippen LogP contribution in [0.15, 0.2) is 56.3 Å². The molecule has 3 heterocycles. The van der Waals surface area contributed by atoms with Crippen molar-refractivity contribution < 1.29 is 22.0 Å². The second kappa shape index (κ2) is 7.31. The summed E-state index contributed by atoms with van der Waals surface area (Å²) in [6.07, 6.45) is 2.19. The van der Waals surface area contributed by atoms with Crippen LogP contribution in [-0.2, 0) is 26.9 Å². The largest absolute Gasteiger partial charge is 0.468 e. The predicted octanol–water partition coefficient (Wildman–Crippen LogP) is 1.79. The van der Waals surface area contributed by atoms with Gasteiger partial charge in [0.15, 0.2) is 15.4 Å². The molecule has 0 atom stereocenters. The molecule has 1 aromatic carbocycles. The Bertz CT molecular complexity index is 1130.